The Hall–Kier alpha value is -3.61. The number of amides is 1. The van der Waals surface area contributed by atoms with E-state index in [0.717, 1.165) is 22.2 Å². The predicted octanol–water partition coefficient (Wildman–Crippen LogP) is 3.42. The number of benzene rings is 2. The van der Waals surface area contributed by atoms with Crippen molar-refractivity contribution in [3.8, 4) is 11.4 Å². The molecule has 0 atom stereocenters. The molecule has 0 radical (unpaired) electrons. The average molecular weight is 375 g/mol. The Morgan fingerprint density at radius 1 is 1.25 bits per heavy atom. The van der Waals surface area contributed by atoms with E-state index < -0.39 is 0 Å². The summed E-state index contributed by atoms with van der Waals surface area (Å²) in [5.74, 6) is 0.557. The molecular weight excluding hydrogens is 354 g/mol. The molecule has 0 spiro atoms. The molecule has 0 bridgehead atoms. The molecule has 1 N–H and O–H groups in total. The Kier molecular flexibility index (Phi) is 4.80. The second-order valence-corrected chi connectivity index (χ2v) is 6.52. The topological polar surface area (TPSA) is 76.0 Å². The van der Waals surface area contributed by atoms with Crippen LogP contribution in [0.5, 0.6) is 5.75 Å². The van der Waals surface area contributed by atoms with Gasteiger partial charge in [-0.1, -0.05) is 12.1 Å². The van der Waals surface area contributed by atoms with E-state index >= 15 is 0 Å². The number of rotatable bonds is 6. The van der Waals surface area contributed by atoms with Crippen molar-refractivity contribution in [3.63, 3.8) is 0 Å². The molecule has 2 aromatic heterocycles. The molecule has 2 aromatic carbocycles. The minimum absolute atomic E-state index is 0.0716. The number of carbonyl (C=O) groups excluding carboxylic acids is 1. The monoisotopic (exact) mass is 375 g/mol. The largest absolute Gasteiger partial charge is 0.492 e. The minimum atomic E-state index is -0.0716. The van der Waals surface area contributed by atoms with E-state index in [1.165, 1.54) is 0 Å². The molecule has 7 heteroatoms. The summed E-state index contributed by atoms with van der Waals surface area (Å²) in [6.45, 7) is 2.92. The maximum absolute atomic E-state index is 12.9. The van der Waals surface area contributed by atoms with Gasteiger partial charge >= 0.3 is 0 Å². The fourth-order valence-electron chi connectivity index (χ4n) is 3.17. The van der Waals surface area contributed by atoms with E-state index in [1.807, 2.05) is 43.5 Å². The van der Waals surface area contributed by atoms with Crippen LogP contribution in [0.3, 0.4) is 0 Å². The number of aromatic amines is 1. The fraction of sp³-hybridized carbons (Fsp3) is 0.190. The Labute approximate surface area is 162 Å². The molecule has 142 valence electrons. The fourth-order valence-corrected chi connectivity index (χ4v) is 3.17. The molecule has 0 aliphatic carbocycles. The highest BCUT2D eigenvalue weighted by Gasteiger charge is 2.16. The number of H-pyrrole nitrogens is 1. The zero-order chi connectivity index (χ0) is 19.5. The van der Waals surface area contributed by atoms with Gasteiger partial charge in [0.15, 0.2) is 0 Å². The van der Waals surface area contributed by atoms with Gasteiger partial charge in [0.1, 0.15) is 11.4 Å². The Morgan fingerprint density at radius 2 is 2.14 bits per heavy atom. The first kappa shape index (κ1) is 17.8. The quantitative estimate of drug-likeness (QED) is 0.560. The molecule has 4 aromatic rings. The highest BCUT2D eigenvalue weighted by Crippen LogP contribution is 2.25. The van der Waals surface area contributed by atoms with Crippen molar-refractivity contribution < 1.29 is 9.53 Å². The Balaban J connectivity index is 1.56. The van der Waals surface area contributed by atoms with Crippen molar-refractivity contribution in [1.29, 1.82) is 0 Å². The van der Waals surface area contributed by atoms with Gasteiger partial charge in [-0.25, -0.2) is 4.68 Å². The lowest BCUT2D eigenvalue weighted by atomic mass is 10.1. The van der Waals surface area contributed by atoms with Crippen LogP contribution in [0, 0.1) is 0 Å². The van der Waals surface area contributed by atoms with Gasteiger partial charge in [0.05, 0.1) is 18.3 Å². The molecule has 0 aliphatic heterocycles. The van der Waals surface area contributed by atoms with Crippen LogP contribution in [0.1, 0.15) is 22.8 Å². The van der Waals surface area contributed by atoms with Gasteiger partial charge in [-0.15, -0.1) is 0 Å². The average Bonchev–Trinajstić information content (AvgIpc) is 3.39. The van der Waals surface area contributed by atoms with Crippen LogP contribution in [-0.2, 0) is 6.54 Å². The Bertz CT molecular complexity index is 1100. The van der Waals surface area contributed by atoms with Gasteiger partial charge < -0.3 is 9.64 Å². The first-order valence-corrected chi connectivity index (χ1v) is 9.10. The van der Waals surface area contributed by atoms with Gasteiger partial charge in [0, 0.05) is 36.9 Å². The highest BCUT2D eigenvalue weighted by molar-refractivity contribution is 5.95. The van der Waals surface area contributed by atoms with Crippen LogP contribution in [0.4, 0.5) is 0 Å². The first-order valence-electron chi connectivity index (χ1n) is 9.10. The molecule has 7 nitrogen and oxygen atoms in total. The smallest absolute Gasteiger partial charge is 0.254 e. The van der Waals surface area contributed by atoms with E-state index in [4.69, 9.17) is 4.74 Å². The molecular formula is C21H21N5O2. The molecule has 2 heterocycles. The lowest BCUT2D eigenvalue weighted by Crippen LogP contribution is -2.26. The molecule has 4 rings (SSSR count). The predicted molar refractivity (Wildman–Crippen MR) is 107 cm³/mol. The molecule has 0 fully saturated rings. The summed E-state index contributed by atoms with van der Waals surface area (Å²) in [4.78, 5) is 14.6. The van der Waals surface area contributed by atoms with E-state index in [2.05, 4.69) is 15.3 Å². The number of aromatic nitrogens is 4. The summed E-state index contributed by atoms with van der Waals surface area (Å²) in [6, 6.07) is 13.3. The van der Waals surface area contributed by atoms with Gasteiger partial charge in [0.25, 0.3) is 5.91 Å². The number of hydrogen-bond donors (Lipinski definition) is 1. The summed E-state index contributed by atoms with van der Waals surface area (Å²) in [5, 5.41) is 12.3. The number of hydrogen-bond acceptors (Lipinski definition) is 4. The summed E-state index contributed by atoms with van der Waals surface area (Å²) in [5.41, 5.74) is 3.37. The summed E-state index contributed by atoms with van der Waals surface area (Å²) >= 11 is 0. The lowest BCUT2D eigenvalue weighted by Gasteiger charge is -2.19. The minimum Gasteiger partial charge on any atom is -0.492 e. The van der Waals surface area contributed by atoms with Gasteiger partial charge in [-0.05, 0) is 42.8 Å². The zero-order valence-electron chi connectivity index (χ0n) is 15.8. The van der Waals surface area contributed by atoms with Crippen molar-refractivity contribution in [2.75, 3.05) is 13.7 Å². The third-order valence-electron chi connectivity index (χ3n) is 4.53. The van der Waals surface area contributed by atoms with Crippen LogP contribution < -0.4 is 4.74 Å². The van der Waals surface area contributed by atoms with Crippen molar-refractivity contribution in [2.24, 2.45) is 0 Å². The number of nitrogens with one attached hydrogen (secondary N) is 1. The van der Waals surface area contributed by atoms with Gasteiger partial charge in [0.2, 0.25) is 0 Å². The van der Waals surface area contributed by atoms with Crippen molar-refractivity contribution in [2.45, 2.75) is 13.5 Å². The maximum atomic E-state index is 12.9. The summed E-state index contributed by atoms with van der Waals surface area (Å²) < 4.78 is 7.47. The van der Waals surface area contributed by atoms with Crippen molar-refractivity contribution in [1.82, 2.24) is 24.9 Å². The second kappa shape index (κ2) is 7.56. The van der Waals surface area contributed by atoms with Crippen LogP contribution in [-0.4, -0.2) is 44.4 Å². The lowest BCUT2D eigenvalue weighted by molar-refractivity contribution is 0.0784. The molecule has 28 heavy (non-hydrogen) atoms. The number of ether oxygens (including phenoxy) is 1. The zero-order valence-corrected chi connectivity index (χ0v) is 15.8. The third kappa shape index (κ3) is 3.46. The van der Waals surface area contributed by atoms with Crippen LogP contribution in [0.25, 0.3) is 16.6 Å². The number of nitrogens with zero attached hydrogens (tertiary/aromatic N) is 4. The van der Waals surface area contributed by atoms with Crippen molar-refractivity contribution in [3.05, 3.63) is 72.2 Å². The number of carbonyl (C=O) groups is 1. The molecule has 0 saturated carbocycles. The maximum Gasteiger partial charge on any atom is 0.254 e. The Morgan fingerprint density at radius 3 is 2.93 bits per heavy atom. The van der Waals surface area contributed by atoms with E-state index in [1.54, 1.807) is 41.2 Å². The standard InChI is InChI=1S/C21H21N5O2/c1-3-28-20-12-16(7-8-19(20)26-10-4-9-23-26)21(27)25(2)14-15-5-6-17-13-22-24-18(17)11-15/h4-13H,3,14H2,1-2H3,(H,22,24). The van der Waals surface area contributed by atoms with Crippen LogP contribution in [0.2, 0.25) is 0 Å². The summed E-state index contributed by atoms with van der Waals surface area (Å²) in [7, 11) is 1.79. The number of fused-ring (bicyclic) bond motifs is 1. The summed E-state index contributed by atoms with van der Waals surface area (Å²) in [6.07, 6.45) is 5.33. The van der Waals surface area contributed by atoms with Gasteiger partial charge in [-0.3, -0.25) is 9.89 Å². The SMILES string of the molecule is CCOc1cc(C(=O)N(C)Cc2ccc3cn[nH]c3c2)ccc1-n1cccn1. The van der Waals surface area contributed by atoms with Crippen molar-refractivity contribution >= 4 is 16.8 Å². The molecule has 1 amide bonds. The van der Waals surface area contributed by atoms with E-state index in [9.17, 15) is 4.79 Å². The first-order chi connectivity index (χ1) is 13.7. The third-order valence-corrected chi connectivity index (χ3v) is 4.53. The molecule has 0 aliphatic rings. The van der Waals surface area contributed by atoms with Gasteiger partial charge in [-0.2, -0.15) is 10.2 Å². The van der Waals surface area contributed by atoms with Crippen LogP contribution >= 0.6 is 0 Å². The van der Waals surface area contributed by atoms with E-state index in [0.29, 0.717) is 24.5 Å². The normalized spacial score (nSPS) is 10.9. The highest BCUT2D eigenvalue weighted by atomic mass is 16.5. The molecule has 0 saturated heterocycles. The second-order valence-electron chi connectivity index (χ2n) is 6.52. The van der Waals surface area contributed by atoms with E-state index in [-0.39, 0.29) is 5.91 Å². The molecule has 0 unspecified atom stereocenters. The van der Waals surface area contributed by atoms with Crippen LogP contribution in [0.15, 0.2) is 61.1 Å².